The number of carbonyl (C=O) groups is 1. The maximum Gasteiger partial charge on any atom is 0.313 e. The van der Waals surface area contributed by atoms with Crippen molar-refractivity contribution in [3.63, 3.8) is 0 Å². The van der Waals surface area contributed by atoms with Crippen molar-refractivity contribution in [3.8, 4) is 17.2 Å². The molecule has 0 fully saturated rings. The molecule has 0 aromatic heterocycles. The fourth-order valence-electron chi connectivity index (χ4n) is 1.38. The minimum absolute atomic E-state index is 0.0389. The summed E-state index contributed by atoms with van der Waals surface area (Å²) in [5, 5.41) is 8.64. The Balaban J connectivity index is 2.84. The molecule has 1 aromatic rings. The number of ether oxygens (including phenoxy) is 3. The number of esters is 1. The highest BCUT2D eigenvalue weighted by atomic mass is 16.5. The monoisotopic (exact) mass is 254 g/mol. The minimum atomic E-state index is -0.492. The predicted octanol–water partition coefficient (Wildman–Crippen LogP) is 1.77. The van der Waals surface area contributed by atoms with Crippen LogP contribution in [0.25, 0.3) is 0 Å². The summed E-state index contributed by atoms with van der Waals surface area (Å²) < 4.78 is 15.8. The summed E-state index contributed by atoms with van der Waals surface area (Å²) in [7, 11) is 0. The second-order valence-corrected chi connectivity index (χ2v) is 3.45. The molecule has 18 heavy (non-hydrogen) atoms. The Morgan fingerprint density at radius 2 is 1.56 bits per heavy atom. The number of aliphatic hydroxyl groups excluding tert-OH is 1. The molecule has 0 amide bonds. The number of hydrogen-bond donors (Lipinski definition) is 1. The van der Waals surface area contributed by atoms with Gasteiger partial charge in [-0.1, -0.05) is 0 Å². The zero-order chi connectivity index (χ0) is 13.4. The third-order valence-electron chi connectivity index (χ3n) is 2.02. The van der Waals surface area contributed by atoms with Crippen LogP contribution in [0.5, 0.6) is 17.2 Å². The Kier molecular flexibility index (Phi) is 6.00. The van der Waals surface area contributed by atoms with Crippen LogP contribution < -0.4 is 14.2 Å². The number of aliphatic hydroxyl groups is 1. The Morgan fingerprint density at radius 3 is 2.00 bits per heavy atom. The smallest absolute Gasteiger partial charge is 0.313 e. The molecule has 1 rings (SSSR count). The SMILES string of the molecule is CCOc1cc(OCC)cc(OC(=O)CCO)c1. The summed E-state index contributed by atoms with van der Waals surface area (Å²) in [6.07, 6.45) is -0.0389. The first-order valence-electron chi connectivity index (χ1n) is 5.91. The third-order valence-corrected chi connectivity index (χ3v) is 2.02. The van der Waals surface area contributed by atoms with Gasteiger partial charge in [-0.2, -0.15) is 0 Å². The van der Waals surface area contributed by atoms with Crippen molar-refractivity contribution in [2.24, 2.45) is 0 Å². The van der Waals surface area contributed by atoms with E-state index in [1.54, 1.807) is 18.2 Å². The van der Waals surface area contributed by atoms with E-state index in [4.69, 9.17) is 19.3 Å². The second kappa shape index (κ2) is 7.55. The molecular formula is C13H18O5. The first kappa shape index (κ1) is 14.3. The molecule has 0 aliphatic carbocycles. The van der Waals surface area contributed by atoms with Crippen molar-refractivity contribution in [3.05, 3.63) is 18.2 Å². The van der Waals surface area contributed by atoms with Gasteiger partial charge in [-0.25, -0.2) is 0 Å². The van der Waals surface area contributed by atoms with Gasteiger partial charge in [0.25, 0.3) is 0 Å². The van der Waals surface area contributed by atoms with Gasteiger partial charge in [-0.05, 0) is 13.8 Å². The van der Waals surface area contributed by atoms with Gasteiger partial charge in [0.1, 0.15) is 17.2 Å². The molecule has 0 heterocycles. The lowest BCUT2D eigenvalue weighted by Gasteiger charge is -2.10. The molecule has 5 nitrogen and oxygen atoms in total. The van der Waals surface area contributed by atoms with E-state index in [1.165, 1.54) is 0 Å². The lowest BCUT2D eigenvalue weighted by Crippen LogP contribution is -2.09. The van der Waals surface area contributed by atoms with E-state index in [1.807, 2.05) is 13.8 Å². The molecule has 0 aliphatic heterocycles. The highest BCUT2D eigenvalue weighted by Crippen LogP contribution is 2.28. The predicted molar refractivity (Wildman–Crippen MR) is 66.1 cm³/mol. The molecular weight excluding hydrogens is 236 g/mol. The summed E-state index contributed by atoms with van der Waals surface area (Å²) in [5.41, 5.74) is 0. The Hall–Kier alpha value is -1.75. The summed E-state index contributed by atoms with van der Waals surface area (Å²) in [6.45, 7) is 4.52. The van der Waals surface area contributed by atoms with Gasteiger partial charge in [-0.15, -0.1) is 0 Å². The molecule has 100 valence electrons. The van der Waals surface area contributed by atoms with E-state index in [0.717, 1.165) is 0 Å². The van der Waals surface area contributed by atoms with E-state index in [9.17, 15) is 4.79 Å². The van der Waals surface area contributed by atoms with Crippen molar-refractivity contribution in [2.45, 2.75) is 20.3 Å². The molecule has 0 unspecified atom stereocenters. The average molecular weight is 254 g/mol. The summed E-state index contributed by atoms with van der Waals surface area (Å²) in [6, 6.07) is 4.96. The third kappa shape index (κ3) is 4.63. The molecule has 0 bridgehead atoms. The summed E-state index contributed by atoms with van der Waals surface area (Å²) in [5.74, 6) is 1.02. The molecule has 1 aromatic carbocycles. The van der Waals surface area contributed by atoms with Crippen LogP contribution in [0.15, 0.2) is 18.2 Å². The number of carbonyl (C=O) groups excluding carboxylic acids is 1. The molecule has 1 N–H and O–H groups in total. The highest BCUT2D eigenvalue weighted by molar-refractivity contribution is 5.72. The largest absolute Gasteiger partial charge is 0.494 e. The van der Waals surface area contributed by atoms with Crippen LogP contribution in [0.2, 0.25) is 0 Å². The van der Waals surface area contributed by atoms with Crippen molar-refractivity contribution >= 4 is 5.97 Å². The lowest BCUT2D eigenvalue weighted by molar-refractivity contribution is -0.135. The van der Waals surface area contributed by atoms with Gasteiger partial charge in [0.15, 0.2) is 0 Å². The maximum absolute atomic E-state index is 11.3. The van der Waals surface area contributed by atoms with Crippen LogP contribution in [0.1, 0.15) is 20.3 Å². The fraction of sp³-hybridized carbons (Fsp3) is 0.462. The zero-order valence-electron chi connectivity index (χ0n) is 10.6. The van der Waals surface area contributed by atoms with Gasteiger partial charge in [0, 0.05) is 18.2 Å². The van der Waals surface area contributed by atoms with Crippen LogP contribution in [0, 0.1) is 0 Å². The zero-order valence-corrected chi connectivity index (χ0v) is 10.6. The number of benzene rings is 1. The maximum atomic E-state index is 11.3. The topological polar surface area (TPSA) is 65.0 Å². The first-order chi connectivity index (χ1) is 8.69. The minimum Gasteiger partial charge on any atom is -0.494 e. The summed E-state index contributed by atoms with van der Waals surface area (Å²) in [4.78, 5) is 11.3. The Labute approximate surface area is 106 Å². The van der Waals surface area contributed by atoms with Gasteiger partial charge in [0.05, 0.1) is 26.2 Å². The standard InChI is InChI=1S/C13H18O5/c1-3-16-10-7-11(17-4-2)9-12(8-10)18-13(15)5-6-14/h7-9,14H,3-6H2,1-2H3. The lowest BCUT2D eigenvalue weighted by atomic mass is 10.3. The van der Waals surface area contributed by atoms with Crippen molar-refractivity contribution in [2.75, 3.05) is 19.8 Å². The van der Waals surface area contributed by atoms with E-state index in [0.29, 0.717) is 30.5 Å². The quantitative estimate of drug-likeness (QED) is 0.593. The van der Waals surface area contributed by atoms with Gasteiger partial charge < -0.3 is 19.3 Å². The van der Waals surface area contributed by atoms with E-state index >= 15 is 0 Å². The van der Waals surface area contributed by atoms with E-state index < -0.39 is 5.97 Å². The van der Waals surface area contributed by atoms with Crippen LogP contribution in [0.3, 0.4) is 0 Å². The first-order valence-corrected chi connectivity index (χ1v) is 5.91. The van der Waals surface area contributed by atoms with Crippen molar-refractivity contribution < 1.29 is 24.1 Å². The summed E-state index contributed by atoms with van der Waals surface area (Å²) >= 11 is 0. The molecule has 0 atom stereocenters. The van der Waals surface area contributed by atoms with Crippen LogP contribution in [-0.4, -0.2) is 30.9 Å². The van der Waals surface area contributed by atoms with Crippen molar-refractivity contribution in [1.82, 2.24) is 0 Å². The van der Waals surface area contributed by atoms with E-state index in [-0.39, 0.29) is 13.0 Å². The number of rotatable bonds is 7. The highest BCUT2D eigenvalue weighted by Gasteiger charge is 2.08. The van der Waals surface area contributed by atoms with Crippen LogP contribution >= 0.6 is 0 Å². The van der Waals surface area contributed by atoms with Gasteiger partial charge >= 0.3 is 5.97 Å². The molecule has 0 saturated heterocycles. The second-order valence-electron chi connectivity index (χ2n) is 3.45. The van der Waals surface area contributed by atoms with E-state index in [2.05, 4.69) is 0 Å². The van der Waals surface area contributed by atoms with Crippen LogP contribution in [0.4, 0.5) is 0 Å². The van der Waals surface area contributed by atoms with Crippen LogP contribution in [-0.2, 0) is 4.79 Å². The van der Waals surface area contributed by atoms with Gasteiger partial charge in [-0.3, -0.25) is 4.79 Å². The normalized spacial score (nSPS) is 9.94. The fourth-order valence-corrected chi connectivity index (χ4v) is 1.38. The number of hydrogen-bond acceptors (Lipinski definition) is 5. The van der Waals surface area contributed by atoms with Gasteiger partial charge in [0.2, 0.25) is 0 Å². The molecule has 0 aliphatic rings. The molecule has 5 heteroatoms. The average Bonchev–Trinajstić information content (AvgIpc) is 2.29. The molecule has 0 spiro atoms. The Bertz CT molecular complexity index is 365. The molecule has 0 radical (unpaired) electrons. The Morgan fingerprint density at radius 1 is 1.06 bits per heavy atom. The van der Waals surface area contributed by atoms with Crippen molar-refractivity contribution in [1.29, 1.82) is 0 Å². The molecule has 0 saturated carbocycles.